The molecule has 1 N–H and O–H groups in total. The fourth-order valence-corrected chi connectivity index (χ4v) is 6.80. The van der Waals surface area contributed by atoms with E-state index in [1.807, 2.05) is 24.3 Å². The lowest BCUT2D eigenvalue weighted by molar-refractivity contribution is 0.795. The molecule has 2 heteroatoms. The quantitative estimate of drug-likeness (QED) is 0.254. The van der Waals surface area contributed by atoms with Gasteiger partial charge in [0, 0.05) is 5.69 Å². The van der Waals surface area contributed by atoms with Crippen LogP contribution in [0.5, 0.6) is 0 Å². The molecule has 0 heterocycles. The largest absolute Gasteiger partial charge is 0.354 e. The van der Waals surface area contributed by atoms with Gasteiger partial charge < -0.3 is 5.32 Å². The summed E-state index contributed by atoms with van der Waals surface area (Å²) in [7, 11) is 0. The Morgan fingerprint density at radius 3 is 1.76 bits per heavy atom. The maximum absolute atomic E-state index is 6.52. The molecule has 0 atom stereocenters. The highest BCUT2D eigenvalue weighted by Crippen LogP contribution is 2.63. The van der Waals surface area contributed by atoms with Gasteiger partial charge in [-0.25, -0.2) is 0 Å². The average molecular weight is 492 g/mol. The second kappa shape index (κ2) is 7.59. The minimum Gasteiger partial charge on any atom is -0.354 e. The van der Waals surface area contributed by atoms with Crippen LogP contribution in [0.25, 0.3) is 33.0 Å². The molecule has 2 aliphatic carbocycles. The van der Waals surface area contributed by atoms with Crippen molar-refractivity contribution in [3.05, 3.63) is 155 Å². The monoisotopic (exact) mass is 491 g/mol. The van der Waals surface area contributed by atoms with E-state index in [1.165, 1.54) is 55.3 Å². The topological polar surface area (TPSA) is 12.0 Å². The zero-order chi connectivity index (χ0) is 24.6. The van der Waals surface area contributed by atoms with Crippen molar-refractivity contribution in [2.45, 2.75) is 5.41 Å². The van der Waals surface area contributed by atoms with E-state index in [1.54, 1.807) is 0 Å². The predicted octanol–water partition coefficient (Wildman–Crippen LogP) is 9.58. The van der Waals surface area contributed by atoms with Gasteiger partial charge in [-0.3, -0.25) is 0 Å². The summed E-state index contributed by atoms with van der Waals surface area (Å²) in [6.07, 6.45) is 0. The number of hydrogen-bond acceptors (Lipinski definition) is 1. The number of benzene rings is 6. The molecule has 0 saturated carbocycles. The molecule has 1 spiro atoms. The first kappa shape index (κ1) is 20.8. The Morgan fingerprint density at radius 2 is 1.03 bits per heavy atom. The third-order valence-electron chi connectivity index (χ3n) is 8.11. The molecule has 6 aromatic carbocycles. The minimum absolute atomic E-state index is 0.375. The lowest BCUT2D eigenvalue weighted by Crippen LogP contribution is -2.26. The first-order chi connectivity index (χ1) is 18.2. The zero-order valence-corrected chi connectivity index (χ0v) is 20.8. The molecule has 37 heavy (non-hydrogen) atoms. The number of para-hydroxylation sites is 1. The van der Waals surface area contributed by atoms with E-state index in [4.69, 9.17) is 11.6 Å². The van der Waals surface area contributed by atoms with Crippen LogP contribution in [-0.4, -0.2) is 0 Å². The summed E-state index contributed by atoms with van der Waals surface area (Å²) < 4.78 is 0. The molecule has 0 amide bonds. The van der Waals surface area contributed by atoms with Gasteiger partial charge in [0.2, 0.25) is 0 Å². The van der Waals surface area contributed by atoms with E-state index >= 15 is 0 Å². The number of anilines is 2. The Kier molecular flexibility index (Phi) is 4.27. The highest BCUT2D eigenvalue weighted by atomic mass is 35.5. The second-order valence-corrected chi connectivity index (χ2v) is 10.4. The summed E-state index contributed by atoms with van der Waals surface area (Å²) in [5, 5.41) is 6.83. The number of halogens is 1. The Hall–Kier alpha value is -4.33. The zero-order valence-electron chi connectivity index (χ0n) is 20.0. The van der Waals surface area contributed by atoms with Crippen molar-refractivity contribution in [2.75, 3.05) is 5.32 Å². The highest BCUT2D eigenvalue weighted by Gasteiger charge is 2.51. The van der Waals surface area contributed by atoms with Crippen LogP contribution >= 0.6 is 11.6 Å². The predicted molar refractivity (Wildman–Crippen MR) is 155 cm³/mol. The van der Waals surface area contributed by atoms with Gasteiger partial charge in [0.05, 0.1) is 16.1 Å². The van der Waals surface area contributed by atoms with Crippen LogP contribution < -0.4 is 5.32 Å². The van der Waals surface area contributed by atoms with Crippen LogP contribution in [0.15, 0.2) is 127 Å². The molecule has 8 rings (SSSR count). The van der Waals surface area contributed by atoms with Crippen molar-refractivity contribution < 1.29 is 0 Å². The molecule has 0 fully saturated rings. The summed E-state index contributed by atoms with van der Waals surface area (Å²) in [4.78, 5) is 0. The van der Waals surface area contributed by atoms with Gasteiger partial charge in [-0.1, -0.05) is 103 Å². The molecule has 0 aromatic heterocycles. The molecule has 174 valence electrons. The fraction of sp³-hybridized carbons (Fsp3) is 0.0286. The van der Waals surface area contributed by atoms with Crippen molar-refractivity contribution in [3.8, 4) is 22.3 Å². The third kappa shape index (κ3) is 2.75. The first-order valence-electron chi connectivity index (χ1n) is 12.6. The minimum atomic E-state index is -0.375. The third-order valence-corrected chi connectivity index (χ3v) is 8.44. The maximum atomic E-state index is 6.52. The molecule has 1 nitrogen and oxygen atoms in total. The number of fused-ring (bicyclic) bond motifs is 11. The molecule has 2 aliphatic rings. The van der Waals surface area contributed by atoms with E-state index in [0.29, 0.717) is 5.02 Å². The van der Waals surface area contributed by atoms with E-state index in [2.05, 4.69) is 108 Å². The molecular weight excluding hydrogens is 470 g/mol. The van der Waals surface area contributed by atoms with Crippen molar-refractivity contribution in [3.63, 3.8) is 0 Å². The maximum Gasteiger partial charge on any atom is 0.0726 e. The van der Waals surface area contributed by atoms with Gasteiger partial charge in [-0.05, 0) is 91.7 Å². The lowest BCUT2D eigenvalue weighted by atomic mass is 9.70. The molecule has 0 aliphatic heterocycles. The summed E-state index contributed by atoms with van der Waals surface area (Å²) in [6, 6.07) is 46.0. The summed E-state index contributed by atoms with van der Waals surface area (Å²) in [6.45, 7) is 0. The van der Waals surface area contributed by atoms with Crippen molar-refractivity contribution in [2.24, 2.45) is 0 Å². The molecule has 0 bridgehead atoms. The van der Waals surface area contributed by atoms with Gasteiger partial charge in [-0.15, -0.1) is 0 Å². The van der Waals surface area contributed by atoms with E-state index in [0.717, 1.165) is 11.4 Å². The first-order valence-corrected chi connectivity index (χ1v) is 13.0. The normalized spacial score (nSPS) is 13.8. The Bertz CT molecular complexity index is 1840. The van der Waals surface area contributed by atoms with Crippen molar-refractivity contribution in [1.29, 1.82) is 0 Å². The molecule has 0 unspecified atom stereocenters. The van der Waals surface area contributed by atoms with Crippen molar-refractivity contribution in [1.82, 2.24) is 0 Å². The highest BCUT2D eigenvalue weighted by molar-refractivity contribution is 6.33. The molecule has 6 aromatic rings. The van der Waals surface area contributed by atoms with Gasteiger partial charge in [0.1, 0.15) is 0 Å². The summed E-state index contributed by atoms with van der Waals surface area (Å²) >= 11 is 6.52. The van der Waals surface area contributed by atoms with Crippen LogP contribution in [0.1, 0.15) is 22.3 Å². The van der Waals surface area contributed by atoms with Crippen LogP contribution in [0.4, 0.5) is 11.4 Å². The fourth-order valence-electron chi connectivity index (χ4n) is 6.62. The molecule has 0 radical (unpaired) electrons. The molecule has 0 saturated heterocycles. The van der Waals surface area contributed by atoms with Crippen LogP contribution in [-0.2, 0) is 5.41 Å². The van der Waals surface area contributed by atoms with Gasteiger partial charge in [0.15, 0.2) is 0 Å². The SMILES string of the molecule is Clc1ccccc1Nc1ccc2c(c1)C1(c3ccccc3-c3ccccc31)c1cc3ccccc3cc1-2. The smallest absolute Gasteiger partial charge is 0.0726 e. The standard InChI is InChI=1S/C35H22ClN/c36-33-15-7-8-16-34(33)37-24-17-18-27-28-19-22-9-1-2-10-23(22)20-31(28)35(32(27)21-24)29-13-5-3-11-25(29)26-12-4-6-14-30(26)35/h1-21,37H. The van der Waals surface area contributed by atoms with Crippen LogP contribution in [0.3, 0.4) is 0 Å². The number of hydrogen-bond donors (Lipinski definition) is 1. The Morgan fingerprint density at radius 1 is 0.459 bits per heavy atom. The van der Waals surface area contributed by atoms with Gasteiger partial charge >= 0.3 is 0 Å². The number of rotatable bonds is 2. The van der Waals surface area contributed by atoms with Crippen molar-refractivity contribution >= 4 is 33.7 Å². The lowest BCUT2D eigenvalue weighted by Gasteiger charge is -2.31. The summed E-state index contributed by atoms with van der Waals surface area (Å²) in [5.74, 6) is 0. The van der Waals surface area contributed by atoms with Crippen LogP contribution in [0, 0.1) is 0 Å². The Balaban J connectivity index is 1.47. The van der Waals surface area contributed by atoms with E-state index in [-0.39, 0.29) is 5.41 Å². The number of nitrogens with one attached hydrogen (secondary N) is 1. The second-order valence-electron chi connectivity index (χ2n) is 9.95. The molecular formula is C35H22ClN. The Labute approximate surface area is 221 Å². The van der Waals surface area contributed by atoms with E-state index in [9.17, 15) is 0 Å². The van der Waals surface area contributed by atoms with E-state index < -0.39 is 0 Å². The van der Waals surface area contributed by atoms with Gasteiger partial charge in [-0.2, -0.15) is 0 Å². The van der Waals surface area contributed by atoms with Crippen LogP contribution in [0.2, 0.25) is 5.02 Å². The summed E-state index contributed by atoms with van der Waals surface area (Å²) in [5.41, 5.74) is 12.2. The van der Waals surface area contributed by atoms with Gasteiger partial charge in [0.25, 0.3) is 0 Å². The average Bonchev–Trinajstić information content (AvgIpc) is 3.40.